The van der Waals surface area contributed by atoms with Crippen molar-refractivity contribution in [2.75, 3.05) is 0 Å². The SMILES string of the molecule is CCCCCC(C)O[Si](CC)(CC)OC(C)CCCCC. The molecule has 0 aromatic carbocycles. The van der Waals surface area contributed by atoms with Crippen LogP contribution in [0.15, 0.2) is 0 Å². The van der Waals surface area contributed by atoms with Crippen molar-refractivity contribution in [3.63, 3.8) is 0 Å². The van der Waals surface area contributed by atoms with Crippen LogP contribution in [0.2, 0.25) is 12.1 Å². The van der Waals surface area contributed by atoms with Gasteiger partial charge in [0.05, 0.1) is 0 Å². The van der Waals surface area contributed by atoms with E-state index in [0.29, 0.717) is 12.2 Å². The second-order valence-corrected chi connectivity index (χ2v) is 10.2. The van der Waals surface area contributed by atoms with Gasteiger partial charge >= 0.3 is 8.56 Å². The Morgan fingerprint density at radius 3 is 1.33 bits per heavy atom. The first-order valence-corrected chi connectivity index (χ1v) is 11.6. The van der Waals surface area contributed by atoms with Crippen LogP contribution < -0.4 is 0 Å². The molecule has 0 N–H and O–H groups in total. The molecule has 0 saturated carbocycles. The van der Waals surface area contributed by atoms with Gasteiger partial charge in [0, 0.05) is 12.2 Å². The summed E-state index contributed by atoms with van der Waals surface area (Å²) in [6, 6.07) is 2.14. The molecular formula is C18H40O2Si. The van der Waals surface area contributed by atoms with Crippen LogP contribution in [0.5, 0.6) is 0 Å². The summed E-state index contributed by atoms with van der Waals surface area (Å²) in [5, 5.41) is 0. The molecule has 0 radical (unpaired) electrons. The fraction of sp³-hybridized carbons (Fsp3) is 1.00. The van der Waals surface area contributed by atoms with E-state index >= 15 is 0 Å². The van der Waals surface area contributed by atoms with Crippen molar-refractivity contribution in [2.24, 2.45) is 0 Å². The molecular weight excluding hydrogens is 276 g/mol. The summed E-state index contributed by atoms with van der Waals surface area (Å²) >= 11 is 0. The zero-order chi connectivity index (χ0) is 16.1. The van der Waals surface area contributed by atoms with Crippen LogP contribution in [0.3, 0.4) is 0 Å². The van der Waals surface area contributed by atoms with E-state index in [2.05, 4.69) is 41.5 Å². The molecule has 0 spiro atoms. The average molecular weight is 317 g/mol. The second kappa shape index (κ2) is 12.7. The van der Waals surface area contributed by atoms with Crippen molar-refractivity contribution in [1.29, 1.82) is 0 Å². The lowest BCUT2D eigenvalue weighted by Gasteiger charge is -2.34. The topological polar surface area (TPSA) is 18.5 Å². The third-order valence-corrected chi connectivity index (χ3v) is 8.16. The van der Waals surface area contributed by atoms with Crippen LogP contribution >= 0.6 is 0 Å². The van der Waals surface area contributed by atoms with Crippen molar-refractivity contribution >= 4 is 8.56 Å². The molecule has 0 fully saturated rings. The summed E-state index contributed by atoms with van der Waals surface area (Å²) in [6.07, 6.45) is 10.8. The third-order valence-electron chi connectivity index (χ3n) is 4.34. The van der Waals surface area contributed by atoms with Crippen molar-refractivity contribution in [2.45, 2.75) is 117 Å². The van der Waals surface area contributed by atoms with Crippen LogP contribution in [0.4, 0.5) is 0 Å². The molecule has 21 heavy (non-hydrogen) atoms. The van der Waals surface area contributed by atoms with Crippen LogP contribution in [-0.2, 0) is 8.85 Å². The number of rotatable bonds is 14. The molecule has 0 heterocycles. The van der Waals surface area contributed by atoms with Gasteiger partial charge in [0.25, 0.3) is 0 Å². The molecule has 0 amide bonds. The van der Waals surface area contributed by atoms with Gasteiger partial charge < -0.3 is 8.85 Å². The summed E-state index contributed by atoms with van der Waals surface area (Å²) in [5.41, 5.74) is 0. The molecule has 2 atom stereocenters. The van der Waals surface area contributed by atoms with Crippen molar-refractivity contribution in [3.05, 3.63) is 0 Å². The van der Waals surface area contributed by atoms with E-state index in [0.717, 1.165) is 12.1 Å². The highest BCUT2D eigenvalue weighted by Crippen LogP contribution is 2.25. The van der Waals surface area contributed by atoms with Crippen molar-refractivity contribution < 1.29 is 8.85 Å². The van der Waals surface area contributed by atoms with Gasteiger partial charge in [-0.3, -0.25) is 0 Å². The molecule has 0 rings (SSSR count). The Hall–Kier alpha value is 0.137. The first-order valence-electron chi connectivity index (χ1n) is 9.39. The van der Waals surface area contributed by atoms with E-state index in [1.807, 2.05) is 0 Å². The normalized spacial score (nSPS) is 15.1. The predicted octanol–water partition coefficient (Wildman–Crippen LogP) is 6.44. The van der Waals surface area contributed by atoms with E-state index in [-0.39, 0.29) is 0 Å². The van der Waals surface area contributed by atoms with Gasteiger partial charge in [0.15, 0.2) is 0 Å². The predicted molar refractivity (Wildman–Crippen MR) is 96.1 cm³/mol. The zero-order valence-corrected chi connectivity index (χ0v) is 16.5. The summed E-state index contributed by atoms with van der Waals surface area (Å²) in [4.78, 5) is 0. The highest BCUT2D eigenvalue weighted by molar-refractivity contribution is 6.67. The fourth-order valence-electron chi connectivity index (χ4n) is 2.83. The Morgan fingerprint density at radius 1 is 0.667 bits per heavy atom. The lowest BCUT2D eigenvalue weighted by molar-refractivity contribution is 0.0821. The lowest BCUT2D eigenvalue weighted by atomic mass is 10.1. The lowest BCUT2D eigenvalue weighted by Crippen LogP contribution is -2.45. The first kappa shape index (κ1) is 21.1. The summed E-state index contributed by atoms with van der Waals surface area (Å²) in [6.45, 7) is 13.5. The van der Waals surface area contributed by atoms with E-state index in [9.17, 15) is 0 Å². The Labute approximate surface area is 135 Å². The van der Waals surface area contributed by atoms with Gasteiger partial charge in [0.2, 0.25) is 0 Å². The fourth-order valence-corrected chi connectivity index (χ4v) is 5.75. The molecule has 0 saturated heterocycles. The number of hydrogen-bond acceptors (Lipinski definition) is 2. The molecule has 2 nitrogen and oxygen atoms in total. The quantitative estimate of drug-likeness (QED) is 0.271. The van der Waals surface area contributed by atoms with Gasteiger partial charge in [-0.15, -0.1) is 0 Å². The van der Waals surface area contributed by atoms with E-state index in [1.165, 1.54) is 51.4 Å². The molecule has 0 aliphatic heterocycles. The Kier molecular flexibility index (Phi) is 12.7. The second-order valence-electron chi connectivity index (χ2n) is 6.47. The molecule has 0 aromatic heterocycles. The van der Waals surface area contributed by atoms with E-state index in [4.69, 9.17) is 8.85 Å². The van der Waals surface area contributed by atoms with Crippen LogP contribution in [0.25, 0.3) is 0 Å². The highest BCUT2D eigenvalue weighted by atomic mass is 28.4. The molecule has 0 aliphatic carbocycles. The summed E-state index contributed by atoms with van der Waals surface area (Å²) in [7, 11) is -1.99. The monoisotopic (exact) mass is 316 g/mol. The van der Waals surface area contributed by atoms with Crippen molar-refractivity contribution in [1.82, 2.24) is 0 Å². The van der Waals surface area contributed by atoms with Crippen molar-refractivity contribution in [3.8, 4) is 0 Å². The van der Waals surface area contributed by atoms with Gasteiger partial charge in [-0.25, -0.2) is 0 Å². The minimum absolute atomic E-state index is 0.353. The first-order chi connectivity index (χ1) is 10.0. The van der Waals surface area contributed by atoms with Gasteiger partial charge in [0.1, 0.15) is 0 Å². The van der Waals surface area contributed by atoms with Crippen LogP contribution in [-0.4, -0.2) is 20.8 Å². The minimum Gasteiger partial charge on any atom is -0.391 e. The largest absolute Gasteiger partial charge is 0.391 e. The van der Waals surface area contributed by atoms with E-state index < -0.39 is 8.56 Å². The molecule has 0 aliphatic rings. The van der Waals surface area contributed by atoms with Gasteiger partial charge in [-0.05, 0) is 38.8 Å². The van der Waals surface area contributed by atoms with E-state index in [1.54, 1.807) is 0 Å². The number of unbranched alkanes of at least 4 members (excludes halogenated alkanes) is 4. The molecule has 128 valence electrons. The zero-order valence-electron chi connectivity index (χ0n) is 15.5. The highest BCUT2D eigenvalue weighted by Gasteiger charge is 2.36. The molecule has 0 aromatic rings. The van der Waals surface area contributed by atoms with Crippen LogP contribution in [0, 0.1) is 0 Å². The van der Waals surface area contributed by atoms with Crippen LogP contribution in [0.1, 0.15) is 92.9 Å². The Balaban J connectivity index is 4.32. The Bertz CT molecular complexity index is 209. The Morgan fingerprint density at radius 2 is 1.05 bits per heavy atom. The minimum atomic E-state index is -1.99. The standard InChI is InChI=1S/C18H40O2Si/c1-7-11-13-15-17(5)19-21(9-3,10-4)20-18(6)16-14-12-8-2/h17-18H,7-16H2,1-6H3. The maximum Gasteiger partial charge on any atom is 0.338 e. The summed E-state index contributed by atoms with van der Waals surface area (Å²) in [5.74, 6) is 0. The van der Waals surface area contributed by atoms with Gasteiger partial charge in [-0.1, -0.05) is 66.2 Å². The third kappa shape index (κ3) is 9.70. The number of hydrogen-bond donors (Lipinski definition) is 0. The maximum atomic E-state index is 6.48. The molecule has 3 heteroatoms. The smallest absolute Gasteiger partial charge is 0.338 e. The average Bonchev–Trinajstić information content (AvgIpc) is 2.47. The molecule has 0 bridgehead atoms. The maximum absolute atomic E-state index is 6.48. The summed E-state index contributed by atoms with van der Waals surface area (Å²) < 4.78 is 13.0. The molecule has 2 unspecified atom stereocenters. The van der Waals surface area contributed by atoms with Gasteiger partial charge in [-0.2, -0.15) is 0 Å².